The standard InChI is InChI=1S/C10H12N2O5/c1-4-7-5(8(13)15-2)6(9(14)16-3)10(11,12-4)17-7/h7H,11H2,1-3H3. The van der Waals surface area contributed by atoms with E-state index in [1.165, 1.54) is 14.2 Å². The van der Waals surface area contributed by atoms with Crippen LogP contribution in [0.1, 0.15) is 6.92 Å². The van der Waals surface area contributed by atoms with Gasteiger partial charge in [0.1, 0.15) is 11.7 Å². The number of hydrogen-bond acceptors (Lipinski definition) is 7. The van der Waals surface area contributed by atoms with E-state index >= 15 is 0 Å². The van der Waals surface area contributed by atoms with Gasteiger partial charge in [0.05, 0.1) is 19.8 Å². The van der Waals surface area contributed by atoms with E-state index in [4.69, 9.17) is 10.5 Å². The molecule has 7 heteroatoms. The van der Waals surface area contributed by atoms with Gasteiger partial charge in [-0.3, -0.25) is 5.73 Å². The molecule has 2 N–H and O–H groups in total. The van der Waals surface area contributed by atoms with Crippen LogP contribution < -0.4 is 5.73 Å². The zero-order valence-corrected chi connectivity index (χ0v) is 9.64. The van der Waals surface area contributed by atoms with E-state index in [1.807, 2.05) is 0 Å². The molecular formula is C10H12N2O5. The molecule has 2 rings (SSSR count). The van der Waals surface area contributed by atoms with Gasteiger partial charge in [0, 0.05) is 5.71 Å². The summed E-state index contributed by atoms with van der Waals surface area (Å²) >= 11 is 0. The minimum Gasteiger partial charge on any atom is -0.466 e. The molecule has 2 atom stereocenters. The van der Waals surface area contributed by atoms with Crippen LogP contribution in [-0.2, 0) is 23.8 Å². The predicted molar refractivity (Wildman–Crippen MR) is 56.0 cm³/mol. The van der Waals surface area contributed by atoms with Crippen molar-refractivity contribution in [2.24, 2.45) is 10.7 Å². The van der Waals surface area contributed by atoms with E-state index in [9.17, 15) is 9.59 Å². The molecule has 0 fully saturated rings. The molecule has 0 saturated heterocycles. The minimum absolute atomic E-state index is 0.0642. The van der Waals surface area contributed by atoms with Gasteiger partial charge in [-0.25, -0.2) is 14.6 Å². The van der Waals surface area contributed by atoms with Crippen LogP contribution >= 0.6 is 0 Å². The SMILES string of the molecule is COC(=O)C1=C(C(=O)OC)C2(N)N=C(C)C1O2. The number of carbonyl (C=O) groups excluding carboxylic acids is 2. The molecule has 17 heavy (non-hydrogen) atoms. The highest BCUT2D eigenvalue weighted by atomic mass is 16.6. The lowest BCUT2D eigenvalue weighted by Crippen LogP contribution is -2.41. The first-order valence-electron chi connectivity index (χ1n) is 4.89. The molecule has 2 bridgehead atoms. The third-order valence-corrected chi connectivity index (χ3v) is 2.70. The number of esters is 2. The van der Waals surface area contributed by atoms with Crippen molar-refractivity contribution in [2.45, 2.75) is 18.9 Å². The molecule has 2 aliphatic heterocycles. The fourth-order valence-electron chi connectivity index (χ4n) is 2.00. The average molecular weight is 240 g/mol. The predicted octanol–water partition coefficient (Wildman–Crippen LogP) is -0.885. The average Bonchev–Trinajstić information content (AvgIpc) is 2.75. The summed E-state index contributed by atoms with van der Waals surface area (Å²) in [6, 6.07) is 0. The van der Waals surface area contributed by atoms with Crippen molar-refractivity contribution in [3.05, 3.63) is 11.1 Å². The number of ether oxygens (including phenoxy) is 3. The van der Waals surface area contributed by atoms with Gasteiger partial charge in [-0.2, -0.15) is 0 Å². The number of nitrogens with two attached hydrogens (primary N) is 1. The van der Waals surface area contributed by atoms with Crippen molar-refractivity contribution in [3.63, 3.8) is 0 Å². The first-order valence-corrected chi connectivity index (χ1v) is 4.89. The summed E-state index contributed by atoms with van der Waals surface area (Å²) in [7, 11) is 2.40. The summed E-state index contributed by atoms with van der Waals surface area (Å²) in [5.41, 5.74) is 6.32. The maximum atomic E-state index is 11.6. The lowest BCUT2D eigenvalue weighted by molar-refractivity contribution is -0.139. The van der Waals surface area contributed by atoms with Crippen LogP contribution in [0.4, 0.5) is 0 Å². The largest absolute Gasteiger partial charge is 0.466 e. The van der Waals surface area contributed by atoms with E-state index in [0.717, 1.165) is 0 Å². The second kappa shape index (κ2) is 3.64. The zero-order chi connectivity index (χ0) is 12.8. The molecule has 0 aromatic carbocycles. The maximum absolute atomic E-state index is 11.6. The van der Waals surface area contributed by atoms with Crippen LogP contribution in [0, 0.1) is 0 Å². The first kappa shape index (κ1) is 11.7. The van der Waals surface area contributed by atoms with Gasteiger partial charge >= 0.3 is 11.9 Å². The fraction of sp³-hybridized carbons (Fsp3) is 0.500. The third kappa shape index (κ3) is 1.47. The Hall–Kier alpha value is -1.73. The highest BCUT2D eigenvalue weighted by Gasteiger charge is 2.56. The van der Waals surface area contributed by atoms with Crippen molar-refractivity contribution < 1.29 is 23.8 Å². The Balaban J connectivity index is 2.55. The molecule has 0 aromatic rings. The molecule has 0 aliphatic carbocycles. The Labute approximate surface area is 97.2 Å². The molecule has 0 amide bonds. The highest BCUT2D eigenvalue weighted by molar-refractivity contribution is 6.11. The number of carbonyl (C=O) groups is 2. The fourth-order valence-corrected chi connectivity index (χ4v) is 2.00. The first-order chi connectivity index (χ1) is 7.94. The Kier molecular flexibility index (Phi) is 2.52. The molecule has 7 nitrogen and oxygen atoms in total. The number of dihydropyridines is 1. The van der Waals surface area contributed by atoms with Gasteiger partial charge in [0.2, 0.25) is 5.85 Å². The summed E-state index contributed by atoms with van der Waals surface area (Å²) in [5, 5.41) is 0. The summed E-state index contributed by atoms with van der Waals surface area (Å²) in [5.74, 6) is -3.05. The van der Waals surface area contributed by atoms with Crippen molar-refractivity contribution in [1.82, 2.24) is 0 Å². The van der Waals surface area contributed by atoms with Crippen molar-refractivity contribution >= 4 is 17.7 Å². The number of hydrogen-bond donors (Lipinski definition) is 1. The summed E-state index contributed by atoms with van der Waals surface area (Å²) < 4.78 is 14.5. The van der Waals surface area contributed by atoms with Crippen LogP contribution in [-0.4, -0.2) is 43.8 Å². The Morgan fingerprint density at radius 1 is 1.35 bits per heavy atom. The molecule has 2 heterocycles. The van der Waals surface area contributed by atoms with Crippen LogP contribution in [0.3, 0.4) is 0 Å². The molecular weight excluding hydrogens is 228 g/mol. The lowest BCUT2D eigenvalue weighted by atomic mass is 9.97. The molecule has 0 aromatic heterocycles. The summed E-state index contributed by atoms with van der Waals surface area (Å²) in [6.45, 7) is 1.66. The number of rotatable bonds is 2. The van der Waals surface area contributed by atoms with Gasteiger partial charge in [0.25, 0.3) is 0 Å². The van der Waals surface area contributed by atoms with E-state index < -0.39 is 23.9 Å². The monoisotopic (exact) mass is 240 g/mol. The van der Waals surface area contributed by atoms with E-state index in [1.54, 1.807) is 6.92 Å². The molecule has 92 valence electrons. The van der Waals surface area contributed by atoms with Gasteiger partial charge in [-0.1, -0.05) is 0 Å². The topological polar surface area (TPSA) is 100 Å². The Morgan fingerprint density at radius 2 is 1.94 bits per heavy atom. The molecule has 0 radical (unpaired) electrons. The van der Waals surface area contributed by atoms with E-state index in [0.29, 0.717) is 5.71 Å². The van der Waals surface area contributed by atoms with E-state index in [2.05, 4.69) is 14.5 Å². The lowest BCUT2D eigenvalue weighted by Gasteiger charge is -2.18. The van der Waals surface area contributed by atoms with Crippen molar-refractivity contribution in [1.29, 1.82) is 0 Å². The Bertz CT molecular complexity index is 467. The number of nitrogens with zero attached hydrogens (tertiary/aromatic N) is 1. The highest BCUT2D eigenvalue weighted by Crippen LogP contribution is 2.40. The van der Waals surface area contributed by atoms with Gasteiger partial charge in [0.15, 0.2) is 0 Å². The second-order valence-corrected chi connectivity index (χ2v) is 3.72. The quantitative estimate of drug-likeness (QED) is 0.629. The van der Waals surface area contributed by atoms with Crippen LogP contribution in [0.15, 0.2) is 16.1 Å². The van der Waals surface area contributed by atoms with Crippen LogP contribution in [0.2, 0.25) is 0 Å². The zero-order valence-electron chi connectivity index (χ0n) is 9.64. The number of methoxy groups -OCH3 is 2. The normalized spacial score (nSPS) is 30.4. The third-order valence-electron chi connectivity index (χ3n) is 2.70. The van der Waals surface area contributed by atoms with Gasteiger partial charge < -0.3 is 14.2 Å². The van der Waals surface area contributed by atoms with Gasteiger partial charge in [-0.15, -0.1) is 0 Å². The van der Waals surface area contributed by atoms with Crippen LogP contribution in [0.5, 0.6) is 0 Å². The van der Waals surface area contributed by atoms with Gasteiger partial charge in [-0.05, 0) is 6.92 Å². The maximum Gasteiger partial charge on any atom is 0.340 e. The van der Waals surface area contributed by atoms with Crippen LogP contribution in [0.25, 0.3) is 0 Å². The molecule has 2 unspecified atom stereocenters. The summed E-state index contributed by atoms with van der Waals surface area (Å²) in [4.78, 5) is 27.3. The molecule has 0 spiro atoms. The second-order valence-electron chi connectivity index (χ2n) is 3.72. The van der Waals surface area contributed by atoms with Crippen molar-refractivity contribution in [3.8, 4) is 0 Å². The number of fused-ring (bicyclic) bond motifs is 2. The molecule has 2 aliphatic rings. The smallest absolute Gasteiger partial charge is 0.340 e. The summed E-state index contributed by atoms with van der Waals surface area (Å²) in [6.07, 6.45) is -0.735. The molecule has 0 saturated carbocycles. The van der Waals surface area contributed by atoms with E-state index in [-0.39, 0.29) is 11.1 Å². The minimum atomic E-state index is -1.63. The number of aliphatic imine (C=N–C) groups is 1. The van der Waals surface area contributed by atoms with Crippen molar-refractivity contribution in [2.75, 3.05) is 14.2 Å². The Morgan fingerprint density at radius 3 is 2.47 bits per heavy atom.